The summed E-state index contributed by atoms with van der Waals surface area (Å²) in [7, 11) is 0. The average Bonchev–Trinajstić information content (AvgIpc) is 2.52. The predicted molar refractivity (Wildman–Crippen MR) is 86.4 cm³/mol. The van der Waals surface area contributed by atoms with E-state index in [0.29, 0.717) is 0 Å². The summed E-state index contributed by atoms with van der Waals surface area (Å²) in [5.74, 6) is -0.200. The summed E-state index contributed by atoms with van der Waals surface area (Å²) in [4.78, 5) is 0. The summed E-state index contributed by atoms with van der Waals surface area (Å²) in [6.07, 6.45) is 1.35. The van der Waals surface area contributed by atoms with Crippen LogP contribution in [-0.4, -0.2) is 6.36 Å². The first-order valence-electron chi connectivity index (χ1n) is 7.93. The minimum absolute atomic E-state index is 0.200. The van der Waals surface area contributed by atoms with Crippen molar-refractivity contribution < 1.29 is 17.9 Å². The van der Waals surface area contributed by atoms with Crippen molar-refractivity contribution in [2.24, 2.45) is 0 Å². The van der Waals surface area contributed by atoms with E-state index in [-0.39, 0.29) is 5.75 Å². The molecule has 0 bridgehead atoms. The van der Waals surface area contributed by atoms with E-state index in [1.54, 1.807) is 12.1 Å². The molecule has 0 aliphatic heterocycles. The van der Waals surface area contributed by atoms with Crippen molar-refractivity contribution in [1.82, 2.24) is 0 Å². The standard InChI is InChI=1S/C19H21F3O/c1-2-3-4-5-6-15-7-9-16(10-8-15)17-11-13-18(14-12-17)23-19(20,21)22/h7-14H,2-6H2,1H3. The predicted octanol–water partition coefficient (Wildman–Crippen LogP) is 6.38. The number of aryl methyl sites for hydroxylation is 1. The van der Waals surface area contributed by atoms with Crippen LogP contribution < -0.4 is 4.74 Å². The molecule has 0 radical (unpaired) electrons. The maximum atomic E-state index is 12.1. The maximum absolute atomic E-state index is 12.1. The lowest BCUT2D eigenvalue weighted by Crippen LogP contribution is -2.16. The molecule has 0 amide bonds. The number of hydrogen-bond donors (Lipinski definition) is 0. The molecule has 0 heterocycles. The molecule has 0 atom stereocenters. The Morgan fingerprint density at radius 3 is 1.87 bits per heavy atom. The molecule has 23 heavy (non-hydrogen) atoms. The fourth-order valence-electron chi connectivity index (χ4n) is 2.47. The Bertz CT molecular complexity index is 586. The molecule has 124 valence electrons. The average molecular weight is 322 g/mol. The van der Waals surface area contributed by atoms with Gasteiger partial charge in [-0.05, 0) is 41.7 Å². The van der Waals surface area contributed by atoms with Gasteiger partial charge in [-0.25, -0.2) is 0 Å². The smallest absolute Gasteiger partial charge is 0.406 e. The summed E-state index contributed by atoms with van der Waals surface area (Å²) in [6, 6.07) is 14.1. The van der Waals surface area contributed by atoms with Crippen LogP contribution in [-0.2, 0) is 6.42 Å². The maximum Gasteiger partial charge on any atom is 0.573 e. The van der Waals surface area contributed by atoms with Crippen LogP contribution >= 0.6 is 0 Å². The summed E-state index contributed by atoms with van der Waals surface area (Å²) < 4.78 is 40.3. The molecule has 2 aromatic carbocycles. The molecule has 0 saturated heterocycles. The van der Waals surface area contributed by atoms with Crippen LogP contribution in [0, 0.1) is 0 Å². The molecular weight excluding hydrogens is 301 g/mol. The van der Waals surface area contributed by atoms with Gasteiger partial charge in [0.25, 0.3) is 0 Å². The second-order valence-corrected chi connectivity index (χ2v) is 5.58. The molecular formula is C19H21F3O. The molecule has 0 aliphatic carbocycles. The first kappa shape index (κ1) is 17.4. The van der Waals surface area contributed by atoms with Gasteiger partial charge >= 0.3 is 6.36 Å². The van der Waals surface area contributed by atoms with Crippen LogP contribution in [0.5, 0.6) is 5.75 Å². The van der Waals surface area contributed by atoms with Gasteiger partial charge < -0.3 is 4.74 Å². The molecule has 0 fully saturated rings. The van der Waals surface area contributed by atoms with Crippen molar-refractivity contribution in [2.45, 2.75) is 45.4 Å². The molecule has 0 aromatic heterocycles. The van der Waals surface area contributed by atoms with E-state index < -0.39 is 6.36 Å². The molecule has 0 N–H and O–H groups in total. The summed E-state index contributed by atoms with van der Waals surface area (Å²) >= 11 is 0. The van der Waals surface area contributed by atoms with Crippen LogP contribution in [0.2, 0.25) is 0 Å². The van der Waals surface area contributed by atoms with Crippen molar-refractivity contribution in [3.63, 3.8) is 0 Å². The fraction of sp³-hybridized carbons (Fsp3) is 0.368. The zero-order valence-electron chi connectivity index (χ0n) is 13.2. The van der Waals surface area contributed by atoms with Crippen LogP contribution in [0.4, 0.5) is 13.2 Å². The SMILES string of the molecule is CCCCCCc1ccc(-c2ccc(OC(F)(F)F)cc2)cc1. The van der Waals surface area contributed by atoms with Gasteiger partial charge in [0.15, 0.2) is 0 Å². The minimum Gasteiger partial charge on any atom is -0.406 e. The third-order valence-electron chi connectivity index (χ3n) is 3.69. The van der Waals surface area contributed by atoms with Gasteiger partial charge in [0.05, 0.1) is 0 Å². The van der Waals surface area contributed by atoms with Crippen molar-refractivity contribution in [1.29, 1.82) is 0 Å². The number of ether oxygens (including phenoxy) is 1. The zero-order valence-corrected chi connectivity index (χ0v) is 13.2. The van der Waals surface area contributed by atoms with Gasteiger partial charge in [0.1, 0.15) is 5.75 Å². The summed E-state index contributed by atoms with van der Waals surface area (Å²) in [5, 5.41) is 0. The van der Waals surface area contributed by atoms with Gasteiger partial charge in [-0.3, -0.25) is 0 Å². The first-order chi connectivity index (χ1) is 11.0. The molecule has 0 aliphatic rings. The fourth-order valence-corrected chi connectivity index (χ4v) is 2.47. The lowest BCUT2D eigenvalue weighted by molar-refractivity contribution is -0.274. The summed E-state index contributed by atoms with van der Waals surface area (Å²) in [6.45, 7) is 2.19. The Kier molecular flexibility index (Phi) is 6.08. The minimum atomic E-state index is -4.65. The van der Waals surface area contributed by atoms with Crippen molar-refractivity contribution in [3.05, 3.63) is 54.1 Å². The van der Waals surface area contributed by atoms with E-state index in [0.717, 1.165) is 17.5 Å². The Labute approximate surface area is 135 Å². The Balaban J connectivity index is 1.96. The first-order valence-corrected chi connectivity index (χ1v) is 7.93. The highest BCUT2D eigenvalue weighted by atomic mass is 19.4. The highest BCUT2D eigenvalue weighted by Crippen LogP contribution is 2.26. The van der Waals surface area contributed by atoms with Crippen molar-refractivity contribution in [3.8, 4) is 16.9 Å². The number of unbranched alkanes of at least 4 members (excludes halogenated alkanes) is 3. The van der Waals surface area contributed by atoms with Crippen LogP contribution in [0.15, 0.2) is 48.5 Å². The monoisotopic (exact) mass is 322 g/mol. The van der Waals surface area contributed by atoms with E-state index in [2.05, 4.69) is 23.8 Å². The van der Waals surface area contributed by atoms with Gasteiger partial charge in [-0.2, -0.15) is 0 Å². The van der Waals surface area contributed by atoms with E-state index in [1.165, 1.54) is 43.4 Å². The van der Waals surface area contributed by atoms with Crippen molar-refractivity contribution in [2.75, 3.05) is 0 Å². The third kappa shape index (κ3) is 5.97. The highest BCUT2D eigenvalue weighted by molar-refractivity contribution is 5.64. The number of hydrogen-bond acceptors (Lipinski definition) is 1. The largest absolute Gasteiger partial charge is 0.573 e. The number of benzene rings is 2. The topological polar surface area (TPSA) is 9.23 Å². The molecule has 4 heteroatoms. The lowest BCUT2D eigenvalue weighted by atomic mass is 10.0. The number of alkyl halides is 3. The number of rotatable bonds is 7. The van der Waals surface area contributed by atoms with Gasteiger partial charge in [-0.1, -0.05) is 62.6 Å². The molecule has 2 rings (SSSR count). The van der Waals surface area contributed by atoms with Gasteiger partial charge in [-0.15, -0.1) is 13.2 Å². The molecule has 2 aromatic rings. The van der Waals surface area contributed by atoms with E-state index in [4.69, 9.17) is 0 Å². The molecule has 1 nitrogen and oxygen atoms in total. The normalized spacial score (nSPS) is 11.5. The second kappa shape index (κ2) is 8.04. The van der Waals surface area contributed by atoms with Crippen molar-refractivity contribution >= 4 is 0 Å². The second-order valence-electron chi connectivity index (χ2n) is 5.58. The number of halogens is 3. The van der Waals surface area contributed by atoms with Crippen LogP contribution in [0.3, 0.4) is 0 Å². The zero-order chi connectivity index (χ0) is 16.7. The highest BCUT2D eigenvalue weighted by Gasteiger charge is 2.30. The van der Waals surface area contributed by atoms with E-state index >= 15 is 0 Å². The Morgan fingerprint density at radius 2 is 1.35 bits per heavy atom. The summed E-state index contributed by atoms with van der Waals surface area (Å²) in [5.41, 5.74) is 3.15. The van der Waals surface area contributed by atoms with Gasteiger partial charge in [0, 0.05) is 0 Å². The van der Waals surface area contributed by atoms with Crippen LogP contribution in [0.1, 0.15) is 38.2 Å². The molecule has 0 spiro atoms. The third-order valence-corrected chi connectivity index (χ3v) is 3.69. The van der Waals surface area contributed by atoms with E-state index in [1.807, 2.05) is 12.1 Å². The van der Waals surface area contributed by atoms with E-state index in [9.17, 15) is 13.2 Å². The van der Waals surface area contributed by atoms with Gasteiger partial charge in [0.2, 0.25) is 0 Å². The Hall–Kier alpha value is -1.97. The quantitative estimate of drug-likeness (QED) is 0.538. The molecule has 0 unspecified atom stereocenters. The Morgan fingerprint density at radius 1 is 0.783 bits per heavy atom. The van der Waals surface area contributed by atoms with Crippen LogP contribution in [0.25, 0.3) is 11.1 Å². The molecule has 0 saturated carbocycles. The lowest BCUT2D eigenvalue weighted by Gasteiger charge is -2.09.